The van der Waals surface area contributed by atoms with Crippen LogP contribution >= 0.6 is 11.6 Å². The van der Waals surface area contributed by atoms with Crippen LogP contribution in [0, 0.1) is 6.92 Å². The second-order valence-corrected chi connectivity index (χ2v) is 13.3. The van der Waals surface area contributed by atoms with E-state index in [1.807, 2.05) is 43.3 Å². The van der Waals surface area contributed by atoms with Gasteiger partial charge in [0.1, 0.15) is 5.82 Å². The Balaban J connectivity index is 1.12. The van der Waals surface area contributed by atoms with Crippen LogP contribution in [-0.2, 0) is 13.5 Å². The van der Waals surface area contributed by atoms with Crippen molar-refractivity contribution >= 4 is 39.9 Å². The molecule has 1 spiro atoms. The molecule has 2 aromatic carbocycles. The van der Waals surface area contributed by atoms with Crippen LogP contribution in [0.2, 0.25) is 5.02 Å². The summed E-state index contributed by atoms with van der Waals surface area (Å²) in [5.41, 5.74) is 7.09. The fraction of sp³-hybridized carbons (Fsp3) is 0.306. The number of halogens is 1. The van der Waals surface area contributed by atoms with E-state index < -0.39 is 0 Å². The van der Waals surface area contributed by atoms with Gasteiger partial charge in [-0.25, -0.2) is 19.4 Å². The molecule has 8 rings (SSSR count). The highest BCUT2D eigenvalue weighted by molar-refractivity contribution is 6.36. The molecular formula is C36H35ClN8O3. The van der Waals surface area contributed by atoms with Crippen molar-refractivity contribution in [2.24, 2.45) is 7.05 Å². The number of aromatic nitrogens is 4. The number of hydrogen-bond donors (Lipinski definition) is 3. The Bertz CT molecular complexity index is 2190. The number of carbonyl (C=O) groups excluding carboxylic acids is 1. The van der Waals surface area contributed by atoms with Gasteiger partial charge in [-0.3, -0.25) is 9.69 Å². The lowest BCUT2D eigenvalue weighted by atomic mass is 9.96. The molecule has 3 aromatic heterocycles. The summed E-state index contributed by atoms with van der Waals surface area (Å²) in [4.78, 5) is 36.9. The average molecular weight is 663 g/mol. The van der Waals surface area contributed by atoms with E-state index in [9.17, 15) is 9.59 Å². The lowest BCUT2D eigenvalue weighted by molar-refractivity contribution is 0.219. The number of pyridine rings is 2. The zero-order valence-corrected chi connectivity index (χ0v) is 27.7. The van der Waals surface area contributed by atoms with E-state index in [4.69, 9.17) is 21.3 Å². The molecule has 0 saturated carbocycles. The quantitative estimate of drug-likeness (QED) is 0.217. The number of nitrogens with zero attached hydrogens (tertiary/aromatic N) is 5. The van der Waals surface area contributed by atoms with Crippen molar-refractivity contribution in [3.63, 3.8) is 0 Å². The SMILES string of the molecule is COc1nc(-c2cccc(-c3cccc(Nc4nccc5cnn(C)c(=O)c45)c3C)c2Cl)cc2c1C(N1CCC3(CNC(=O)N3)C1)CC2. The molecule has 48 heavy (non-hydrogen) atoms. The molecule has 0 bridgehead atoms. The molecule has 2 amide bonds. The van der Waals surface area contributed by atoms with Gasteiger partial charge in [0.2, 0.25) is 5.88 Å². The van der Waals surface area contributed by atoms with E-state index in [1.54, 1.807) is 32.6 Å². The number of aryl methyl sites for hydroxylation is 2. The van der Waals surface area contributed by atoms with Crippen molar-refractivity contribution in [2.45, 2.75) is 37.8 Å². The number of ether oxygens (including phenoxy) is 1. The fourth-order valence-electron chi connectivity index (χ4n) is 7.63. The molecule has 3 N–H and O–H groups in total. The van der Waals surface area contributed by atoms with Crippen molar-refractivity contribution in [3.8, 4) is 28.3 Å². The Hall–Kier alpha value is -5.00. The molecule has 2 saturated heterocycles. The molecular weight excluding hydrogens is 628 g/mol. The minimum Gasteiger partial charge on any atom is -0.481 e. The number of carbonyl (C=O) groups is 1. The van der Waals surface area contributed by atoms with E-state index >= 15 is 0 Å². The summed E-state index contributed by atoms with van der Waals surface area (Å²) in [6.45, 7) is 4.38. The second kappa shape index (κ2) is 11.6. The summed E-state index contributed by atoms with van der Waals surface area (Å²) in [7, 11) is 3.30. The van der Waals surface area contributed by atoms with Gasteiger partial charge in [0.25, 0.3) is 5.56 Å². The Morgan fingerprint density at radius 2 is 1.92 bits per heavy atom. The van der Waals surface area contributed by atoms with Crippen LogP contribution in [-0.4, -0.2) is 63.0 Å². The topological polar surface area (TPSA) is 126 Å². The molecule has 2 fully saturated rings. The number of methoxy groups -OCH3 is 1. The Kier molecular flexibility index (Phi) is 7.34. The van der Waals surface area contributed by atoms with Crippen molar-refractivity contribution in [3.05, 3.63) is 93.0 Å². The summed E-state index contributed by atoms with van der Waals surface area (Å²) >= 11 is 7.23. The van der Waals surface area contributed by atoms with Gasteiger partial charge in [-0.2, -0.15) is 5.10 Å². The molecule has 11 nitrogen and oxygen atoms in total. The van der Waals surface area contributed by atoms with Gasteiger partial charge in [0.15, 0.2) is 0 Å². The predicted octanol–water partition coefficient (Wildman–Crippen LogP) is 5.52. The lowest BCUT2D eigenvalue weighted by Crippen LogP contribution is -2.46. The maximum Gasteiger partial charge on any atom is 0.315 e. The fourth-order valence-corrected chi connectivity index (χ4v) is 7.96. The molecule has 1 aliphatic carbocycles. The van der Waals surface area contributed by atoms with E-state index in [1.165, 1.54) is 10.2 Å². The van der Waals surface area contributed by atoms with Crippen molar-refractivity contribution < 1.29 is 9.53 Å². The third-order valence-electron chi connectivity index (χ3n) is 10.1. The second-order valence-electron chi connectivity index (χ2n) is 12.9. The maximum atomic E-state index is 13.0. The minimum absolute atomic E-state index is 0.0865. The highest BCUT2D eigenvalue weighted by Crippen LogP contribution is 2.46. The number of likely N-dealkylation sites (tertiary alicyclic amines) is 1. The number of hydrogen-bond acceptors (Lipinski definition) is 8. The minimum atomic E-state index is -0.222. The van der Waals surface area contributed by atoms with Crippen molar-refractivity contribution in [2.75, 3.05) is 32.1 Å². The largest absolute Gasteiger partial charge is 0.481 e. The lowest BCUT2D eigenvalue weighted by Gasteiger charge is -2.28. The number of urea groups is 1. The Morgan fingerprint density at radius 1 is 1.10 bits per heavy atom. The third-order valence-corrected chi connectivity index (χ3v) is 10.5. The summed E-state index contributed by atoms with van der Waals surface area (Å²) in [6, 6.07) is 16.0. The first kappa shape index (κ1) is 30.3. The summed E-state index contributed by atoms with van der Waals surface area (Å²) in [5.74, 6) is 1.09. The van der Waals surface area contributed by atoms with Gasteiger partial charge in [0.05, 0.1) is 34.9 Å². The Labute approximate surface area is 282 Å². The maximum absolute atomic E-state index is 13.0. The van der Waals surface area contributed by atoms with Crippen LogP contribution in [0.25, 0.3) is 33.2 Å². The van der Waals surface area contributed by atoms with Gasteiger partial charge in [-0.15, -0.1) is 0 Å². The van der Waals surface area contributed by atoms with Crippen LogP contribution in [0.15, 0.2) is 65.7 Å². The van der Waals surface area contributed by atoms with E-state index in [0.29, 0.717) is 34.0 Å². The molecule has 5 aromatic rings. The molecule has 2 aliphatic heterocycles. The molecule has 2 atom stereocenters. The molecule has 244 valence electrons. The van der Waals surface area contributed by atoms with E-state index in [-0.39, 0.29) is 23.2 Å². The van der Waals surface area contributed by atoms with Gasteiger partial charge in [0, 0.05) is 66.7 Å². The molecule has 3 aliphatic rings. The van der Waals surface area contributed by atoms with Gasteiger partial charge < -0.3 is 20.7 Å². The third kappa shape index (κ3) is 4.96. The summed E-state index contributed by atoms with van der Waals surface area (Å²) < 4.78 is 7.24. The molecule has 2 unspecified atom stereocenters. The number of benzene rings is 2. The van der Waals surface area contributed by atoms with E-state index in [0.717, 1.165) is 71.6 Å². The summed E-state index contributed by atoms with van der Waals surface area (Å²) in [6.07, 6.45) is 6.12. The van der Waals surface area contributed by atoms with Crippen molar-refractivity contribution in [1.29, 1.82) is 0 Å². The van der Waals surface area contributed by atoms with Crippen molar-refractivity contribution in [1.82, 2.24) is 35.3 Å². The average Bonchev–Trinajstić information content (AvgIpc) is 3.81. The number of anilines is 2. The van der Waals surface area contributed by atoms with Gasteiger partial charge >= 0.3 is 6.03 Å². The zero-order chi connectivity index (χ0) is 33.2. The zero-order valence-electron chi connectivity index (χ0n) is 26.9. The first-order chi connectivity index (χ1) is 23.2. The highest BCUT2D eigenvalue weighted by Gasteiger charge is 2.46. The number of nitrogens with one attached hydrogen (secondary N) is 3. The predicted molar refractivity (Wildman–Crippen MR) is 186 cm³/mol. The van der Waals surface area contributed by atoms with Gasteiger partial charge in [-0.05, 0) is 61.1 Å². The smallest absolute Gasteiger partial charge is 0.315 e. The molecule has 5 heterocycles. The number of amides is 2. The van der Waals surface area contributed by atoms with Crippen LogP contribution < -0.4 is 26.2 Å². The van der Waals surface area contributed by atoms with Gasteiger partial charge in [-0.1, -0.05) is 41.9 Å². The normalized spacial score (nSPS) is 20.2. The summed E-state index contributed by atoms with van der Waals surface area (Å²) in [5, 5.41) is 15.4. The number of fused-ring (bicyclic) bond motifs is 2. The monoisotopic (exact) mass is 662 g/mol. The van der Waals surface area contributed by atoms with Crippen LogP contribution in [0.5, 0.6) is 5.88 Å². The molecule has 0 radical (unpaired) electrons. The Morgan fingerprint density at radius 3 is 2.73 bits per heavy atom. The first-order valence-electron chi connectivity index (χ1n) is 16.1. The van der Waals surface area contributed by atoms with E-state index in [2.05, 4.69) is 37.0 Å². The number of rotatable bonds is 6. The standard InChI is InChI=1S/C36H35ClN8O3/c1-20-23(6-5-9-26(20)41-32-30-22(12-14-38-32)17-40-44(2)34(30)46)24-7-4-8-25(31(24)37)27-16-21-10-11-28(29(21)33(42-27)48-3)45-15-13-36(19-45)18-39-35(47)43-36/h4-9,12,14,16-17,28H,10-11,13,15,18-19H2,1-3H3,(H,38,41)(H2,39,43,47). The van der Waals surface area contributed by atoms with Crippen LogP contribution in [0.4, 0.5) is 16.3 Å². The van der Waals surface area contributed by atoms with Crippen LogP contribution in [0.3, 0.4) is 0 Å². The molecule has 12 heteroatoms. The first-order valence-corrected chi connectivity index (χ1v) is 16.5. The van der Waals surface area contributed by atoms with Crippen LogP contribution in [0.1, 0.15) is 35.6 Å². The highest BCUT2D eigenvalue weighted by atomic mass is 35.5.